The molecule has 1 aromatic heterocycles. The molecule has 2 saturated heterocycles. The highest BCUT2D eigenvalue weighted by Gasteiger charge is 2.29. The Hall–Kier alpha value is -4.59. The van der Waals surface area contributed by atoms with Crippen LogP contribution in [0.5, 0.6) is 0 Å². The lowest BCUT2D eigenvalue weighted by atomic mass is 10.0. The summed E-state index contributed by atoms with van der Waals surface area (Å²) >= 11 is 1.17. The van der Waals surface area contributed by atoms with Crippen LogP contribution >= 0.6 is 11.8 Å². The number of amides is 3. The van der Waals surface area contributed by atoms with Crippen LogP contribution in [0.3, 0.4) is 0 Å². The number of aliphatic imine (C=N–C) groups is 1. The highest BCUT2D eigenvalue weighted by molar-refractivity contribution is 7.99. The van der Waals surface area contributed by atoms with Gasteiger partial charge in [-0.3, -0.25) is 29.5 Å². The first-order valence-corrected chi connectivity index (χ1v) is 15.9. The van der Waals surface area contributed by atoms with Gasteiger partial charge in [0, 0.05) is 56.5 Å². The molecule has 3 heterocycles. The molecule has 45 heavy (non-hydrogen) atoms. The van der Waals surface area contributed by atoms with E-state index in [-0.39, 0.29) is 18.7 Å². The Morgan fingerprint density at radius 2 is 1.60 bits per heavy atom. The minimum atomic E-state index is -1.13. The monoisotopic (exact) mass is 634 g/mol. The quantitative estimate of drug-likeness (QED) is 0.108. The van der Waals surface area contributed by atoms with Crippen LogP contribution in [0, 0.1) is 10.1 Å². The lowest BCUT2D eigenvalue weighted by molar-refractivity contribution is -0.387. The number of hydrogen-bond acceptors (Lipinski definition) is 7. The number of likely N-dealkylation sites (tertiary alicyclic amines) is 2. The fourth-order valence-electron chi connectivity index (χ4n) is 5.82. The number of nitro groups is 1. The largest absolute Gasteiger partial charge is 0.368 e. The standard InChI is InChI=1S/C31H38N8O5S/c1-20(40)34-25(19-33-31(37-14-6-7-15-37)38-16-8-9-17-38)29(42)35-24(28(32)41)18-22-21-10-2-3-11-23(21)36-30(22)45-27-13-5-4-12-26(27)39(43)44/h2-5,10-13,24-25,36H,6-9,14-19H2,1H3,(H2,32,41)(H,34,40)(H,35,42)/t24-,25-/m0/s1. The molecular weight excluding hydrogens is 596 g/mol. The number of nitro benzene ring substituents is 1. The normalized spacial score (nSPS) is 15.9. The molecule has 3 aromatic rings. The smallest absolute Gasteiger partial charge is 0.283 e. The topological polar surface area (TPSA) is 179 Å². The predicted octanol–water partition coefficient (Wildman–Crippen LogP) is 2.79. The van der Waals surface area contributed by atoms with Gasteiger partial charge in [0.15, 0.2) is 5.96 Å². The number of guanidine groups is 1. The summed E-state index contributed by atoms with van der Waals surface area (Å²) in [5.74, 6) is -0.887. The summed E-state index contributed by atoms with van der Waals surface area (Å²) in [6.45, 7) is 4.92. The number of hydrogen-bond donors (Lipinski definition) is 4. The number of carbonyl (C=O) groups is 3. The minimum absolute atomic E-state index is 0.00505. The van der Waals surface area contributed by atoms with Gasteiger partial charge in [0.05, 0.1) is 21.4 Å². The molecule has 3 amide bonds. The second-order valence-corrected chi connectivity index (χ2v) is 12.3. The van der Waals surface area contributed by atoms with Crippen molar-refractivity contribution in [3.63, 3.8) is 0 Å². The van der Waals surface area contributed by atoms with Crippen molar-refractivity contribution in [3.8, 4) is 0 Å². The van der Waals surface area contributed by atoms with E-state index < -0.39 is 34.7 Å². The lowest BCUT2D eigenvalue weighted by Gasteiger charge is -2.29. The molecule has 14 heteroatoms. The van der Waals surface area contributed by atoms with E-state index in [2.05, 4.69) is 25.4 Å². The number of aromatic amines is 1. The van der Waals surface area contributed by atoms with Crippen LogP contribution in [-0.4, -0.2) is 88.2 Å². The number of carbonyl (C=O) groups excluding carboxylic acids is 3. The van der Waals surface area contributed by atoms with Gasteiger partial charge in [0.1, 0.15) is 12.1 Å². The summed E-state index contributed by atoms with van der Waals surface area (Å²) in [5, 5.41) is 18.5. The van der Waals surface area contributed by atoms with E-state index in [0.29, 0.717) is 15.5 Å². The second-order valence-electron chi connectivity index (χ2n) is 11.3. The van der Waals surface area contributed by atoms with Gasteiger partial charge < -0.3 is 31.2 Å². The van der Waals surface area contributed by atoms with E-state index in [9.17, 15) is 24.5 Å². The molecule has 0 bridgehead atoms. The van der Waals surface area contributed by atoms with Crippen molar-refractivity contribution in [2.75, 3.05) is 32.7 Å². The van der Waals surface area contributed by atoms with Gasteiger partial charge in [-0.05, 0) is 43.4 Å². The van der Waals surface area contributed by atoms with Gasteiger partial charge in [-0.1, -0.05) is 42.1 Å². The van der Waals surface area contributed by atoms with Gasteiger partial charge in [-0.15, -0.1) is 0 Å². The van der Waals surface area contributed by atoms with Crippen molar-refractivity contribution in [1.82, 2.24) is 25.4 Å². The average Bonchev–Trinajstić information content (AvgIpc) is 3.79. The molecule has 2 atom stereocenters. The first-order chi connectivity index (χ1) is 21.7. The van der Waals surface area contributed by atoms with Crippen molar-refractivity contribution in [2.45, 2.75) is 61.0 Å². The Morgan fingerprint density at radius 3 is 2.22 bits per heavy atom. The molecule has 0 spiro atoms. The third-order valence-corrected chi connectivity index (χ3v) is 9.12. The molecular formula is C31H38N8O5S. The minimum Gasteiger partial charge on any atom is -0.368 e. The number of fused-ring (bicyclic) bond motifs is 1. The average molecular weight is 635 g/mol. The van der Waals surface area contributed by atoms with Crippen LogP contribution in [0.15, 0.2) is 63.4 Å². The number of H-pyrrole nitrogens is 1. The number of nitrogens with one attached hydrogen (secondary N) is 3. The molecule has 238 valence electrons. The maximum absolute atomic E-state index is 13.6. The number of nitrogens with zero attached hydrogens (tertiary/aromatic N) is 4. The molecule has 0 unspecified atom stereocenters. The molecule has 0 aliphatic carbocycles. The molecule has 5 N–H and O–H groups in total. The molecule has 5 rings (SSSR count). The van der Waals surface area contributed by atoms with Crippen LogP contribution in [0.2, 0.25) is 0 Å². The Bertz CT molecular complexity index is 1580. The number of primary amides is 1. The SMILES string of the molecule is CC(=O)N[C@@H](CN=C(N1CCCC1)N1CCCC1)C(=O)N[C@@H](Cc1c(Sc2ccccc2[N+](=O)[O-])[nH]c2ccccc12)C(N)=O. The fourth-order valence-corrected chi connectivity index (χ4v) is 6.91. The van der Waals surface area contributed by atoms with E-state index in [0.717, 1.165) is 68.7 Å². The molecule has 2 aliphatic rings. The Balaban J connectivity index is 1.39. The van der Waals surface area contributed by atoms with Crippen molar-refractivity contribution < 1.29 is 19.3 Å². The van der Waals surface area contributed by atoms with Crippen LogP contribution in [0.25, 0.3) is 10.9 Å². The number of para-hydroxylation sites is 2. The molecule has 0 saturated carbocycles. The summed E-state index contributed by atoms with van der Waals surface area (Å²) in [5.41, 5.74) is 7.21. The van der Waals surface area contributed by atoms with Crippen LogP contribution in [0.1, 0.15) is 38.2 Å². The zero-order valence-corrected chi connectivity index (χ0v) is 26.0. The molecule has 2 aromatic carbocycles. The molecule has 2 aliphatic heterocycles. The van der Waals surface area contributed by atoms with Crippen molar-refractivity contribution in [3.05, 3.63) is 64.2 Å². The zero-order chi connectivity index (χ0) is 31.9. The third-order valence-electron chi connectivity index (χ3n) is 8.00. The van der Waals surface area contributed by atoms with E-state index in [4.69, 9.17) is 10.7 Å². The molecule has 0 radical (unpaired) electrons. The van der Waals surface area contributed by atoms with E-state index >= 15 is 0 Å². The van der Waals surface area contributed by atoms with Crippen LogP contribution < -0.4 is 16.4 Å². The maximum atomic E-state index is 13.6. The number of benzene rings is 2. The van der Waals surface area contributed by atoms with Crippen molar-refractivity contribution >= 4 is 52.0 Å². The second kappa shape index (κ2) is 14.5. The summed E-state index contributed by atoms with van der Waals surface area (Å²) in [4.78, 5) is 62.7. The Labute approximate surface area is 265 Å². The fraction of sp³-hybridized carbons (Fsp3) is 0.419. The van der Waals surface area contributed by atoms with E-state index in [1.807, 2.05) is 24.3 Å². The third kappa shape index (κ3) is 7.74. The highest BCUT2D eigenvalue weighted by Crippen LogP contribution is 2.39. The maximum Gasteiger partial charge on any atom is 0.283 e. The van der Waals surface area contributed by atoms with Crippen LogP contribution in [-0.2, 0) is 20.8 Å². The number of aromatic nitrogens is 1. The van der Waals surface area contributed by atoms with Gasteiger partial charge >= 0.3 is 0 Å². The zero-order valence-electron chi connectivity index (χ0n) is 25.2. The first kappa shape index (κ1) is 31.8. The summed E-state index contributed by atoms with van der Waals surface area (Å²) in [6, 6.07) is 11.7. The lowest BCUT2D eigenvalue weighted by Crippen LogP contribution is -2.54. The summed E-state index contributed by atoms with van der Waals surface area (Å²) < 4.78 is 0. The summed E-state index contributed by atoms with van der Waals surface area (Å²) in [7, 11) is 0. The van der Waals surface area contributed by atoms with Crippen LogP contribution in [0.4, 0.5) is 5.69 Å². The van der Waals surface area contributed by atoms with E-state index in [1.54, 1.807) is 18.2 Å². The Morgan fingerprint density at radius 1 is 0.978 bits per heavy atom. The Kier molecular flexibility index (Phi) is 10.2. The molecule has 13 nitrogen and oxygen atoms in total. The molecule has 2 fully saturated rings. The van der Waals surface area contributed by atoms with Gasteiger partial charge in [-0.25, -0.2) is 0 Å². The van der Waals surface area contributed by atoms with Gasteiger partial charge in [0.2, 0.25) is 17.7 Å². The van der Waals surface area contributed by atoms with E-state index in [1.165, 1.54) is 24.8 Å². The van der Waals surface area contributed by atoms with Gasteiger partial charge in [-0.2, -0.15) is 0 Å². The number of nitrogens with two attached hydrogens (primary N) is 1. The van der Waals surface area contributed by atoms with Crippen molar-refractivity contribution in [2.24, 2.45) is 10.7 Å². The summed E-state index contributed by atoms with van der Waals surface area (Å²) in [6.07, 6.45) is 4.34. The number of rotatable bonds is 11. The highest BCUT2D eigenvalue weighted by atomic mass is 32.2. The predicted molar refractivity (Wildman–Crippen MR) is 172 cm³/mol. The van der Waals surface area contributed by atoms with Gasteiger partial charge in [0.25, 0.3) is 5.69 Å². The van der Waals surface area contributed by atoms with Crippen molar-refractivity contribution in [1.29, 1.82) is 0 Å². The first-order valence-electron chi connectivity index (χ1n) is 15.1.